The van der Waals surface area contributed by atoms with Crippen molar-refractivity contribution in [1.29, 1.82) is 0 Å². The van der Waals surface area contributed by atoms with Crippen LogP contribution >= 0.6 is 0 Å². The summed E-state index contributed by atoms with van der Waals surface area (Å²) in [6.07, 6.45) is 0.992. The molecule has 19 heavy (non-hydrogen) atoms. The second kappa shape index (κ2) is 5.73. The first-order chi connectivity index (χ1) is 9.11. The van der Waals surface area contributed by atoms with Crippen LogP contribution in [0.1, 0.15) is 24.6 Å². The van der Waals surface area contributed by atoms with Gasteiger partial charge in [-0.15, -0.1) is 0 Å². The number of aromatic nitrogens is 2. The van der Waals surface area contributed by atoms with Crippen molar-refractivity contribution in [3.05, 3.63) is 41.3 Å². The fourth-order valence-electron chi connectivity index (χ4n) is 1.94. The van der Waals surface area contributed by atoms with Crippen LogP contribution in [0.15, 0.2) is 24.3 Å². The van der Waals surface area contributed by atoms with Crippen LogP contribution in [0.25, 0.3) is 0 Å². The van der Waals surface area contributed by atoms with Crippen LogP contribution in [0.5, 0.6) is 0 Å². The lowest BCUT2D eigenvalue weighted by atomic mass is 10.2. The highest BCUT2D eigenvalue weighted by Gasteiger charge is 2.11. The fraction of sp³-hybridized carbons (Fsp3) is 0.357. The molecule has 0 saturated heterocycles. The van der Waals surface area contributed by atoms with E-state index in [1.54, 1.807) is 12.1 Å². The van der Waals surface area contributed by atoms with Crippen LogP contribution in [0.3, 0.4) is 0 Å². The first kappa shape index (κ1) is 13.4. The van der Waals surface area contributed by atoms with Gasteiger partial charge in [-0.2, -0.15) is 5.10 Å². The maximum absolute atomic E-state index is 12.8. The van der Waals surface area contributed by atoms with Gasteiger partial charge >= 0.3 is 0 Å². The molecule has 0 spiro atoms. The first-order valence-electron chi connectivity index (χ1n) is 6.43. The molecule has 0 aliphatic heterocycles. The van der Waals surface area contributed by atoms with Gasteiger partial charge in [0, 0.05) is 13.1 Å². The Bertz CT molecular complexity index is 545. The smallest absolute Gasteiger partial charge is 0.148 e. The molecule has 3 N–H and O–H groups in total. The minimum absolute atomic E-state index is 0.227. The van der Waals surface area contributed by atoms with E-state index in [9.17, 15) is 4.39 Å². The normalized spacial score (nSPS) is 10.7. The van der Waals surface area contributed by atoms with E-state index in [4.69, 9.17) is 5.73 Å². The predicted octanol–water partition coefficient (Wildman–Crippen LogP) is 2.93. The monoisotopic (exact) mass is 262 g/mol. The highest BCUT2D eigenvalue weighted by atomic mass is 19.1. The molecule has 2 rings (SSSR count). The quantitative estimate of drug-likeness (QED) is 0.871. The van der Waals surface area contributed by atoms with Crippen molar-refractivity contribution in [3.63, 3.8) is 0 Å². The molecule has 0 atom stereocenters. The molecule has 0 saturated carbocycles. The second-order valence-corrected chi connectivity index (χ2v) is 4.55. The Morgan fingerprint density at radius 3 is 2.63 bits per heavy atom. The lowest BCUT2D eigenvalue weighted by Crippen LogP contribution is -2.09. The number of nitrogens with zero attached hydrogens (tertiary/aromatic N) is 2. The van der Waals surface area contributed by atoms with Crippen LogP contribution in [-0.2, 0) is 13.1 Å². The topological polar surface area (TPSA) is 55.9 Å². The molecule has 4 nitrogen and oxygen atoms in total. The molecule has 0 bridgehead atoms. The summed E-state index contributed by atoms with van der Waals surface area (Å²) in [5.41, 5.74) is 8.52. The number of hydrogen-bond acceptors (Lipinski definition) is 3. The van der Waals surface area contributed by atoms with E-state index in [1.807, 2.05) is 11.6 Å². The van der Waals surface area contributed by atoms with Crippen molar-refractivity contribution in [1.82, 2.24) is 9.78 Å². The van der Waals surface area contributed by atoms with Gasteiger partial charge < -0.3 is 11.1 Å². The number of hydrogen-bond donors (Lipinski definition) is 2. The number of nitrogens with two attached hydrogens (primary N) is 1. The summed E-state index contributed by atoms with van der Waals surface area (Å²) < 4.78 is 14.7. The van der Waals surface area contributed by atoms with E-state index in [1.165, 1.54) is 12.1 Å². The van der Waals surface area contributed by atoms with Gasteiger partial charge in [0.15, 0.2) is 0 Å². The fourth-order valence-corrected chi connectivity index (χ4v) is 1.94. The standard InChI is InChI=1S/C14H19FN4/c1-3-8-19-14(13(16)10(2)18-19)17-9-11-4-6-12(15)7-5-11/h4-7,17H,3,8-9,16H2,1-2H3. The minimum Gasteiger partial charge on any atom is -0.394 e. The van der Waals surface area contributed by atoms with Crippen LogP contribution < -0.4 is 11.1 Å². The third-order valence-electron chi connectivity index (χ3n) is 2.98. The van der Waals surface area contributed by atoms with Gasteiger partial charge in [0.2, 0.25) is 0 Å². The number of aryl methyl sites for hydroxylation is 2. The largest absolute Gasteiger partial charge is 0.394 e. The predicted molar refractivity (Wildman–Crippen MR) is 75.4 cm³/mol. The number of rotatable bonds is 5. The number of halogens is 1. The maximum Gasteiger partial charge on any atom is 0.148 e. The van der Waals surface area contributed by atoms with Crippen LogP contribution in [0.2, 0.25) is 0 Å². The number of nitrogens with one attached hydrogen (secondary N) is 1. The summed E-state index contributed by atoms with van der Waals surface area (Å²) >= 11 is 0. The molecule has 1 aromatic heterocycles. The third-order valence-corrected chi connectivity index (χ3v) is 2.98. The van der Waals surface area contributed by atoms with Crippen molar-refractivity contribution in [3.8, 4) is 0 Å². The Balaban J connectivity index is 2.12. The molecule has 0 aliphatic rings. The average Bonchev–Trinajstić information content (AvgIpc) is 2.65. The van der Waals surface area contributed by atoms with Crippen LogP contribution in [0, 0.1) is 12.7 Å². The Labute approximate surface area is 112 Å². The van der Waals surface area contributed by atoms with Crippen molar-refractivity contribution in [2.75, 3.05) is 11.1 Å². The van der Waals surface area contributed by atoms with E-state index in [-0.39, 0.29) is 5.82 Å². The Morgan fingerprint density at radius 2 is 2.00 bits per heavy atom. The SMILES string of the molecule is CCCn1nc(C)c(N)c1NCc1ccc(F)cc1. The molecule has 1 heterocycles. The number of anilines is 2. The highest BCUT2D eigenvalue weighted by Crippen LogP contribution is 2.23. The van der Waals surface area contributed by atoms with Gasteiger partial charge in [0.25, 0.3) is 0 Å². The van der Waals surface area contributed by atoms with E-state index >= 15 is 0 Å². The molecule has 0 radical (unpaired) electrons. The van der Waals surface area contributed by atoms with Crippen LogP contribution in [0.4, 0.5) is 15.9 Å². The van der Waals surface area contributed by atoms with Crippen molar-refractivity contribution in [2.45, 2.75) is 33.4 Å². The van der Waals surface area contributed by atoms with Gasteiger partial charge in [-0.1, -0.05) is 19.1 Å². The zero-order valence-electron chi connectivity index (χ0n) is 11.3. The lowest BCUT2D eigenvalue weighted by Gasteiger charge is -2.10. The van der Waals surface area contributed by atoms with E-state index in [2.05, 4.69) is 17.3 Å². The average molecular weight is 262 g/mol. The number of benzene rings is 1. The van der Waals surface area contributed by atoms with Crippen LogP contribution in [-0.4, -0.2) is 9.78 Å². The Morgan fingerprint density at radius 1 is 1.32 bits per heavy atom. The lowest BCUT2D eigenvalue weighted by molar-refractivity contribution is 0.602. The molecule has 5 heteroatoms. The summed E-state index contributed by atoms with van der Waals surface area (Å²) in [5.74, 6) is 0.610. The Kier molecular flexibility index (Phi) is 4.04. The molecular weight excluding hydrogens is 243 g/mol. The Hall–Kier alpha value is -2.04. The summed E-state index contributed by atoms with van der Waals surface area (Å²) in [6.45, 7) is 5.41. The summed E-state index contributed by atoms with van der Waals surface area (Å²) in [5, 5.41) is 7.67. The van der Waals surface area contributed by atoms with Gasteiger partial charge in [0.05, 0.1) is 11.4 Å². The molecule has 0 amide bonds. The van der Waals surface area contributed by atoms with Gasteiger partial charge in [0.1, 0.15) is 11.6 Å². The molecule has 2 aromatic rings. The first-order valence-corrected chi connectivity index (χ1v) is 6.43. The zero-order valence-corrected chi connectivity index (χ0v) is 11.3. The van der Waals surface area contributed by atoms with Gasteiger partial charge in [-0.25, -0.2) is 9.07 Å². The van der Waals surface area contributed by atoms with Gasteiger partial charge in [-0.3, -0.25) is 0 Å². The molecule has 1 aromatic carbocycles. The number of nitrogen functional groups attached to an aromatic ring is 1. The molecule has 0 unspecified atom stereocenters. The summed E-state index contributed by atoms with van der Waals surface area (Å²) in [6, 6.07) is 6.42. The van der Waals surface area contributed by atoms with Gasteiger partial charge in [-0.05, 0) is 31.0 Å². The summed E-state index contributed by atoms with van der Waals surface area (Å²) in [4.78, 5) is 0. The highest BCUT2D eigenvalue weighted by molar-refractivity contribution is 5.64. The third kappa shape index (κ3) is 3.05. The van der Waals surface area contributed by atoms with Crippen molar-refractivity contribution in [2.24, 2.45) is 0 Å². The summed E-state index contributed by atoms with van der Waals surface area (Å²) in [7, 11) is 0. The minimum atomic E-state index is -0.227. The maximum atomic E-state index is 12.8. The van der Waals surface area contributed by atoms with E-state index in [0.717, 1.165) is 30.0 Å². The molecule has 0 aliphatic carbocycles. The van der Waals surface area contributed by atoms with E-state index in [0.29, 0.717) is 12.2 Å². The molecule has 102 valence electrons. The second-order valence-electron chi connectivity index (χ2n) is 4.55. The van der Waals surface area contributed by atoms with Crippen molar-refractivity contribution >= 4 is 11.5 Å². The molecular formula is C14H19FN4. The van der Waals surface area contributed by atoms with E-state index < -0.39 is 0 Å². The van der Waals surface area contributed by atoms with Crippen molar-refractivity contribution < 1.29 is 4.39 Å². The molecule has 0 fully saturated rings. The zero-order chi connectivity index (χ0) is 13.8.